The number of pyridine rings is 1. The fraction of sp³-hybridized carbons (Fsp3) is 0.320. The molecule has 0 radical (unpaired) electrons. The van der Waals surface area contributed by atoms with E-state index in [1.165, 1.54) is 12.4 Å². The summed E-state index contributed by atoms with van der Waals surface area (Å²) in [5.74, 6) is 1.49. The molecule has 5 heterocycles. The lowest BCUT2D eigenvalue weighted by atomic mass is 10.1. The zero-order chi connectivity index (χ0) is 26.4. The smallest absolute Gasteiger partial charge is 0.256 e. The number of hydrogen-bond donors (Lipinski definition) is 2. The van der Waals surface area contributed by atoms with Gasteiger partial charge in [-0.3, -0.25) is 4.68 Å². The molecular formula is C25H27N9O3S. The monoisotopic (exact) mass is 533 g/mol. The number of fused-ring (bicyclic) bond motifs is 1. The lowest BCUT2D eigenvalue weighted by molar-refractivity contribution is 0.269. The minimum absolute atomic E-state index is 0.0259. The Balaban J connectivity index is 1.30. The van der Waals surface area contributed by atoms with E-state index in [9.17, 15) is 13.5 Å². The minimum Gasteiger partial charge on any atom is -0.394 e. The molecule has 0 unspecified atom stereocenters. The second-order valence-corrected chi connectivity index (χ2v) is 11.7. The Morgan fingerprint density at radius 3 is 2.63 bits per heavy atom. The van der Waals surface area contributed by atoms with Crippen molar-refractivity contribution in [3.05, 3.63) is 55.5 Å². The summed E-state index contributed by atoms with van der Waals surface area (Å²) >= 11 is 0. The van der Waals surface area contributed by atoms with Crippen molar-refractivity contribution in [1.29, 1.82) is 0 Å². The van der Waals surface area contributed by atoms with Gasteiger partial charge in [-0.25, -0.2) is 23.4 Å². The van der Waals surface area contributed by atoms with Crippen molar-refractivity contribution in [2.75, 3.05) is 11.9 Å². The van der Waals surface area contributed by atoms with Gasteiger partial charge in [0, 0.05) is 53.4 Å². The molecule has 196 valence electrons. The van der Waals surface area contributed by atoms with Crippen molar-refractivity contribution in [3.63, 3.8) is 0 Å². The molecule has 6 rings (SSSR count). The molecule has 0 bridgehead atoms. The van der Waals surface area contributed by atoms with Gasteiger partial charge in [-0.05, 0) is 32.8 Å². The number of aliphatic hydroxyl groups is 1. The lowest BCUT2D eigenvalue weighted by Crippen LogP contribution is -2.17. The number of aromatic nitrogens is 8. The molecule has 0 amide bonds. The van der Waals surface area contributed by atoms with Crippen molar-refractivity contribution >= 4 is 32.6 Å². The van der Waals surface area contributed by atoms with Crippen LogP contribution in [0.1, 0.15) is 32.7 Å². The van der Waals surface area contributed by atoms with Gasteiger partial charge in [-0.1, -0.05) is 0 Å². The Bertz CT molecular complexity index is 1730. The summed E-state index contributed by atoms with van der Waals surface area (Å²) in [6.07, 6.45) is 13.5. The van der Waals surface area contributed by atoms with E-state index < -0.39 is 10.0 Å². The molecule has 5 aromatic heterocycles. The molecule has 1 aliphatic rings. The van der Waals surface area contributed by atoms with E-state index in [1.807, 2.05) is 18.5 Å². The Kier molecular flexibility index (Phi) is 5.95. The van der Waals surface area contributed by atoms with Crippen LogP contribution in [0.25, 0.3) is 33.4 Å². The number of aliphatic hydroxyl groups excluding tert-OH is 1. The number of nitrogens with one attached hydrogen (secondary N) is 1. The van der Waals surface area contributed by atoms with Crippen LogP contribution < -0.4 is 5.32 Å². The molecule has 5 aromatic rings. The fourth-order valence-corrected chi connectivity index (χ4v) is 5.85. The zero-order valence-corrected chi connectivity index (χ0v) is 21.7. The highest BCUT2D eigenvalue weighted by atomic mass is 32.2. The quantitative estimate of drug-likeness (QED) is 0.292. The van der Waals surface area contributed by atoms with E-state index in [-0.39, 0.29) is 17.9 Å². The molecule has 12 nitrogen and oxygen atoms in total. The van der Waals surface area contributed by atoms with Crippen LogP contribution >= 0.6 is 0 Å². The Morgan fingerprint density at radius 1 is 1.05 bits per heavy atom. The van der Waals surface area contributed by atoms with Gasteiger partial charge >= 0.3 is 0 Å². The lowest BCUT2D eigenvalue weighted by Gasteiger charge is -2.10. The van der Waals surface area contributed by atoms with E-state index in [2.05, 4.69) is 55.1 Å². The minimum atomic E-state index is -3.46. The molecule has 0 saturated heterocycles. The van der Waals surface area contributed by atoms with Crippen LogP contribution in [0.2, 0.25) is 0 Å². The number of rotatable bonds is 9. The zero-order valence-electron chi connectivity index (χ0n) is 20.9. The van der Waals surface area contributed by atoms with Gasteiger partial charge in [0.1, 0.15) is 11.6 Å². The van der Waals surface area contributed by atoms with Crippen molar-refractivity contribution in [2.24, 2.45) is 0 Å². The predicted molar refractivity (Wildman–Crippen MR) is 142 cm³/mol. The highest BCUT2D eigenvalue weighted by Crippen LogP contribution is 2.34. The van der Waals surface area contributed by atoms with E-state index in [0.29, 0.717) is 42.4 Å². The van der Waals surface area contributed by atoms with Crippen molar-refractivity contribution < 1.29 is 13.5 Å². The first-order chi connectivity index (χ1) is 18.3. The van der Waals surface area contributed by atoms with Crippen molar-refractivity contribution in [2.45, 2.75) is 44.5 Å². The third kappa shape index (κ3) is 4.43. The van der Waals surface area contributed by atoms with E-state index in [1.54, 1.807) is 23.1 Å². The summed E-state index contributed by atoms with van der Waals surface area (Å²) in [6.45, 7) is 4.70. The standard InChI is InChI=1S/C25H27N9O3S/c1-16(2)33-15-21(17-10-28-32(13-17)7-8-35)20-12-27-24(9-22(20)33)30-23-5-6-26-25(31-23)18-11-29-34(14-18)38(36,37)19-3-4-19/h5-6,9-16,19,35H,3-4,7-8H2,1-2H3,(H,26,27,30,31). The van der Waals surface area contributed by atoms with Crippen LogP contribution in [-0.4, -0.2) is 63.9 Å². The predicted octanol–water partition coefficient (Wildman–Crippen LogP) is 3.21. The maximum atomic E-state index is 12.5. The largest absolute Gasteiger partial charge is 0.394 e. The summed E-state index contributed by atoms with van der Waals surface area (Å²) in [4.78, 5) is 13.5. The van der Waals surface area contributed by atoms with Gasteiger partial charge in [-0.2, -0.15) is 14.3 Å². The van der Waals surface area contributed by atoms with Gasteiger partial charge in [0.05, 0.1) is 48.1 Å². The van der Waals surface area contributed by atoms with Crippen LogP contribution in [0.15, 0.2) is 55.5 Å². The third-order valence-corrected chi connectivity index (χ3v) is 8.52. The summed E-state index contributed by atoms with van der Waals surface area (Å²) < 4.78 is 29.9. The average molecular weight is 534 g/mol. The maximum Gasteiger partial charge on any atom is 0.256 e. The number of anilines is 2. The average Bonchev–Trinajstić information content (AvgIpc) is 3.30. The highest BCUT2D eigenvalue weighted by molar-refractivity contribution is 7.90. The third-order valence-electron chi connectivity index (χ3n) is 6.48. The van der Waals surface area contributed by atoms with Crippen LogP contribution in [-0.2, 0) is 16.6 Å². The summed E-state index contributed by atoms with van der Waals surface area (Å²) in [5.41, 5.74) is 3.49. The summed E-state index contributed by atoms with van der Waals surface area (Å²) in [5, 5.41) is 21.5. The van der Waals surface area contributed by atoms with E-state index >= 15 is 0 Å². The maximum absolute atomic E-state index is 12.5. The number of nitrogens with zero attached hydrogens (tertiary/aromatic N) is 8. The molecule has 0 aromatic carbocycles. The van der Waals surface area contributed by atoms with E-state index in [4.69, 9.17) is 0 Å². The molecule has 13 heteroatoms. The first kappa shape index (κ1) is 24.2. The molecule has 0 atom stereocenters. The van der Waals surface area contributed by atoms with Gasteiger partial charge in [0.25, 0.3) is 10.0 Å². The van der Waals surface area contributed by atoms with Gasteiger partial charge in [0.2, 0.25) is 0 Å². The van der Waals surface area contributed by atoms with Crippen LogP contribution in [0.5, 0.6) is 0 Å². The highest BCUT2D eigenvalue weighted by Gasteiger charge is 2.37. The van der Waals surface area contributed by atoms with Crippen LogP contribution in [0.3, 0.4) is 0 Å². The van der Waals surface area contributed by atoms with Crippen LogP contribution in [0, 0.1) is 0 Å². The summed E-state index contributed by atoms with van der Waals surface area (Å²) in [7, 11) is -3.46. The molecule has 0 spiro atoms. The van der Waals surface area contributed by atoms with E-state index in [0.717, 1.165) is 26.1 Å². The molecular weight excluding hydrogens is 506 g/mol. The molecule has 1 fully saturated rings. The molecule has 1 saturated carbocycles. The SMILES string of the molecule is CC(C)n1cc(-c2cnn(CCO)c2)c2cnc(Nc3ccnc(-c4cnn(S(=O)(=O)C5CC5)c4)n3)cc21. The Labute approximate surface area is 219 Å². The fourth-order valence-electron chi connectivity index (χ4n) is 4.37. The second kappa shape index (κ2) is 9.33. The number of hydrogen-bond acceptors (Lipinski definition) is 9. The second-order valence-electron chi connectivity index (χ2n) is 9.58. The van der Waals surface area contributed by atoms with Crippen molar-refractivity contribution in [1.82, 2.24) is 38.5 Å². The Hall–Kier alpha value is -4.10. The molecule has 2 N–H and O–H groups in total. The first-order valence-electron chi connectivity index (χ1n) is 12.4. The normalized spacial score (nSPS) is 14.0. The van der Waals surface area contributed by atoms with Gasteiger partial charge in [-0.15, -0.1) is 0 Å². The molecule has 1 aliphatic carbocycles. The van der Waals surface area contributed by atoms with Crippen molar-refractivity contribution in [3.8, 4) is 22.5 Å². The van der Waals surface area contributed by atoms with Gasteiger partial charge < -0.3 is 15.0 Å². The summed E-state index contributed by atoms with van der Waals surface area (Å²) in [6, 6.07) is 3.91. The molecule has 38 heavy (non-hydrogen) atoms. The topological polar surface area (TPSA) is 146 Å². The van der Waals surface area contributed by atoms with Gasteiger partial charge in [0.15, 0.2) is 5.82 Å². The molecule has 0 aliphatic heterocycles. The first-order valence-corrected chi connectivity index (χ1v) is 13.9. The Morgan fingerprint density at radius 2 is 1.87 bits per heavy atom. The van der Waals surface area contributed by atoms with Crippen LogP contribution in [0.4, 0.5) is 11.6 Å².